The zero-order chi connectivity index (χ0) is 17.5. The maximum Gasteiger partial charge on any atom is 0.224 e. The minimum Gasteiger partial charge on any atom is -0.493 e. The Kier molecular flexibility index (Phi) is 4.42. The number of fused-ring (bicyclic) bond motifs is 2. The van der Waals surface area contributed by atoms with Gasteiger partial charge >= 0.3 is 0 Å². The second-order valence-electron chi connectivity index (χ2n) is 7.65. The van der Waals surface area contributed by atoms with E-state index in [0.29, 0.717) is 37.8 Å². The number of hydrogen-bond donors (Lipinski definition) is 2. The number of rotatable bonds is 5. The molecule has 3 aliphatic rings. The maximum atomic E-state index is 12.8. The molecule has 1 spiro atoms. The summed E-state index contributed by atoms with van der Waals surface area (Å²) in [5.74, 6) is 0.922. The standard InChI is InChI=1S/C19H24ClNO4/c20-13-1-2-16-14(9-13)19(5-8-25-16)10-15(19)17(23)21-11-18(3-6-22)4-7-24-12-18/h1-2,9,15,22H,3-8,10-12H2,(H,21,23)/t15-,18-,19-/m0/s1. The van der Waals surface area contributed by atoms with Gasteiger partial charge in [-0.3, -0.25) is 4.79 Å². The van der Waals surface area contributed by atoms with Gasteiger partial charge in [-0.15, -0.1) is 0 Å². The molecule has 3 atom stereocenters. The third-order valence-corrected chi connectivity index (χ3v) is 6.38. The lowest BCUT2D eigenvalue weighted by Crippen LogP contribution is -2.40. The molecule has 4 rings (SSSR count). The van der Waals surface area contributed by atoms with Gasteiger partial charge in [0.15, 0.2) is 0 Å². The van der Waals surface area contributed by atoms with Gasteiger partial charge in [0.2, 0.25) is 5.91 Å². The Morgan fingerprint density at radius 3 is 3.00 bits per heavy atom. The number of nitrogens with one attached hydrogen (secondary N) is 1. The summed E-state index contributed by atoms with van der Waals surface area (Å²) in [7, 11) is 0. The number of amides is 1. The van der Waals surface area contributed by atoms with Crippen LogP contribution in [0.3, 0.4) is 0 Å². The summed E-state index contributed by atoms with van der Waals surface area (Å²) in [5, 5.41) is 13.1. The normalized spacial score (nSPS) is 33.0. The molecule has 2 heterocycles. The Labute approximate surface area is 152 Å². The lowest BCUT2D eigenvalue weighted by molar-refractivity contribution is -0.123. The van der Waals surface area contributed by atoms with Crippen LogP contribution < -0.4 is 10.1 Å². The molecular formula is C19H24ClNO4. The zero-order valence-electron chi connectivity index (χ0n) is 14.2. The SMILES string of the molecule is O=C(NC[C@]1(CCO)CCOC1)[C@@H]1C[C@]12CCOc1ccc(Cl)cc12. The van der Waals surface area contributed by atoms with Crippen LogP contribution in [0, 0.1) is 11.3 Å². The van der Waals surface area contributed by atoms with Crippen LogP contribution in [-0.2, 0) is 14.9 Å². The molecule has 1 aromatic rings. The van der Waals surface area contributed by atoms with Crippen LogP contribution in [0.15, 0.2) is 18.2 Å². The number of hydrogen-bond acceptors (Lipinski definition) is 4. The van der Waals surface area contributed by atoms with E-state index in [1.165, 1.54) is 0 Å². The molecule has 0 radical (unpaired) electrons. The van der Waals surface area contributed by atoms with Gasteiger partial charge < -0.3 is 19.9 Å². The van der Waals surface area contributed by atoms with E-state index in [9.17, 15) is 9.90 Å². The molecule has 1 saturated carbocycles. The molecule has 1 saturated heterocycles. The minimum absolute atomic E-state index is 0.0258. The van der Waals surface area contributed by atoms with Crippen molar-refractivity contribution in [3.63, 3.8) is 0 Å². The molecule has 6 heteroatoms. The Balaban J connectivity index is 1.45. The number of halogens is 1. The molecule has 1 aromatic carbocycles. The van der Waals surface area contributed by atoms with Crippen molar-refractivity contribution in [3.8, 4) is 5.75 Å². The largest absolute Gasteiger partial charge is 0.493 e. The molecule has 136 valence electrons. The van der Waals surface area contributed by atoms with Crippen LogP contribution in [0.5, 0.6) is 5.75 Å². The van der Waals surface area contributed by atoms with Crippen molar-refractivity contribution in [2.24, 2.45) is 11.3 Å². The van der Waals surface area contributed by atoms with Crippen LogP contribution in [0.25, 0.3) is 0 Å². The smallest absolute Gasteiger partial charge is 0.224 e. The molecule has 2 N–H and O–H groups in total. The number of benzene rings is 1. The van der Waals surface area contributed by atoms with Gasteiger partial charge in [-0.2, -0.15) is 0 Å². The van der Waals surface area contributed by atoms with Crippen LogP contribution in [0.1, 0.15) is 31.2 Å². The summed E-state index contributed by atoms with van der Waals surface area (Å²) in [4.78, 5) is 12.8. The highest BCUT2D eigenvalue weighted by molar-refractivity contribution is 6.30. The van der Waals surface area contributed by atoms with Gasteiger partial charge in [0, 0.05) is 47.1 Å². The number of carbonyl (C=O) groups excluding carboxylic acids is 1. The summed E-state index contributed by atoms with van der Waals surface area (Å²) in [5.41, 5.74) is 0.822. The van der Waals surface area contributed by atoms with E-state index in [2.05, 4.69) is 5.32 Å². The quantitative estimate of drug-likeness (QED) is 0.840. The molecule has 0 unspecified atom stereocenters. The van der Waals surface area contributed by atoms with Crippen molar-refractivity contribution in [2.75, 3.05) is 33.0 Å². The van der Waals surface area contributed by atoms with Gasteiger partial charge in [-0.05, 0) is 43.9 Å². The predicted molar refractivity (Wildman–Crippen MR) is 93.9 cm³/mol. The van der Waals surface area contributed by atoms with Gasteiger partial charge in [-0.1, -0.05) is 11.6 Å². The first-order valence-electron chi connectivity index (χ1n) is 8.98. The molecule has 5 nitrogen and oxygen atoms in total. The Bertz CT molecular complexity index is 673. The van der Waals surface area contributed by atoms with Crippen LogP contribution in [-0.4, -0.2) is 44.0 Å². The van der Waals surface area contributed by atoms with Crippen LogP contribution >= 0.6 is 11.6 Å². The molecule has 2 fully saturated rings. The monoisotopic (exact) mass is 365 g/mol. The van der Waals surface area contributed by atoms with E-state index in [1.807, 2.05) is 18.2 Å². The number of ether oxygens (including phenoxy) is 2. The van der Waals surface area contributed by atoms with Crippen molar-refractivity contribution in [1.29, 1.82) is 0 Å². The fourth-order valence-corrected chi connectivity index (χ4v) is 4.60. The van der Waals surface area contributed by atoms with Crippen molar-refractivity contribution in [3.05, 3.63) is 28.8 Å². The van der Waals surface area contributed by atoms with E-state index in [0.717, 1.165) is 30.6 Å². The Morgan fingerprint density at radius 2 is 2.24 bits per heavy atom. The molecule has 25 heavy (non-hydrogen) atoms. The van der Waals surface area contributed by atoms with E-state index in [-0.39, 0.29) is 29.3 Å². The van der Waals surface area contributed by atoms with Gasteiger partial charge in [0.25, 0.3) is 0 Å². The molecule has 1 aliphatic carbocycles. The molecule has 0 bridgehead atoms. The summed E-state index contributed by atoms with van der Waals surface area (Å²) in [6.07, 6.45) is 3.24. The van der Waals surface area contributed by atoms with E-state index < -0.39 is 0 Å². The van der Waals surface area contributed by atoms with Crippen molar-refractivity contribution in [1.82, 2.24) is 5.32 Å². The van der Waals surface area contributed by atoms with Gasteiger partial charge in [-0.25, -0.2) is 0 Å². The summed E-state index contributed by atoms with van der Waals surface area (Å²) in [6, 6.07) is 5.68. The number of aliphatic hydroxyl groups excluding tert-OH is 1. The average molecular weight is 366 g/mol. The molecule has 0 aromatic heterocycles. The average Bonchev–Trinajstić information content (AvgIpc) is 3.13. The summed E-state index contributed by atoms with van der Waals surface area (Å²) in [6.45, 7) is 2.64. The second kappa shape index (κ2) is 6.45. The first kappa shape index (κ1) is 17.1. The highest BCUT2D eigenvalue weighted by Gasteiger charge is 2.61. The fraction of sp³-hybridized carbons (Fsp3) is 0.632. The topological polar surface area (TPSA) is 67.8 Å². The molecule has 1 amide bonds. The number of aliphatic hydroxyl groups is 1. The number of carbonyl (C=O) groups is 1. The Hall–Kier alpha value is -1.30. The first-order valence-corrected chi connectivity index (χ1v) is 9.36. The maximum absolute atomic E-state index is 12.8. The molecule has 2 aliphatic heterocycles. The van der Waals surface area contributed by atoms with Gasteiger partial charge in [0.05, 0.1) is 13.2 Å². The highest BCUT2D eigenvalue weighted by Crippen LogP contribution is 2.61. The summed E-state index contributed by atoms with van der Waals surface area (Å²) < 4.78 is 11.2. The predicted octanol–water partition coefficient (Wildman–Crippen LogP) is 2.29. The lowest BCUT2D eigenvalue weighted by Gasteiger charge is -2.28. The first-order chi connectivity index (χ1) is 12.1. The van der Waals surface area contributed by atoms with E-state index in [1.54, 1.807) is 0 Å². The lowest BCUT2D eigenvalue weighted by atomic mass is 9.83. The highest BCUT2D eigenvalue weighted by atomic mass is 35.5. The zero-order valence-corrected chi connectivity index (χ0v) is 15.0. The van der Waals surface area contributed by atoms with E-state index in [4.69, 9.17) is 21.1 Å². The fourth-order valence-electron chi connectivity index (χ4n) is 4.43. The van der Waals surface area contributed by atoms with Crippen molar-refractivity contribution < 1.29 is 19.4 Å². The third-order valence-electron chi connectivity index (χ3n) is 6.14. The van der Waals surface area contributed by atoms with Crippen molar-refractivity contribution >= 4 is 17.5 Å². The summed E-state index contributed by atoms with van der Waals surface area (Å²) >= 11 is 6.17. The third kappa shape index (κ3) is 3.03. The minimum atomic E-state index is -0.126. The van der Waals surface area contributed by atoms with E-state index >= 15 is 0 Å². The van der Waals surface area contributed by atoms with Crippen LogP contribution in [0.2, 0.25) is 5.02 Å². The van der Waals surface area contributed by atoms with Crippen LogP contribution in [0.4, 0.5) is 0 Å². The van der Waals surface area contributed by atoms with Gasteiger partial charge in [0.1, 0.15) is 5.75 Å². The van der Waals surface area contributed by atoms with Crippen molar-refractivity contribution in [2.45, 2.75) is 31.1 Å². The molecular weight excluding hydrogens is 342 g/mol. The Morgan fingerprint density at radius 1 is 1.36 bits per heavy atom. The second-order valence-corrected chi connectivity index (χ2v) is 8.08.